The van der Waals surface area contributed by atoms with Gasteiger partial charge in [-0.05, 0) is 37.3 Å². The van der Waals surface area contributed by atoms with Crippen molar-refractivity contribution in [2.24, 2.45) is 0 Å². The summed E-state index contributed by atoms with van der Waals surface area (Å²) in [5.74, 6) is -1.76. The molecule has 3 rings (SSSR count). The molecule has 0 aromatic heterocycles. The lowest BCUT2D eigenvalue weighted by atomic mass is 9.96. The molecule has 1 aromatic carbocycles. The summed E-state index contributed by atoms with van der Waals surface area (Å²) in [7, 11) is 1.18. The van der Waals surface area contributed by atoms with Crippen LogP contribution in [0.4, 0.5) is 5.69 Å². The number of carbonyl (C=O) groups is 4. The van der Waals surface area contributed by atoms with Gasteiger partial charge in [-0.2, -0.15) is 0 Å². The van der Waals surface area contributed by atoms with Crippen molar-refractivity contribution in [3.05, 3.63) is 36.0 Å². The van der Waals surface area contributed by atoms with E-state index in [4.69, 9.17) is 4.74 Å². The third-order valence-electron chi connectivity index (χ3n) is 4.38. The molecule has 142 valence electrons. The first-order valence-corrected chi connectivity index (χ1v) is 8.33. The van der Waals surface area contributed by atoms with E-state index >= 15 is 0 Å². The summed E-state index contributed by atoms with van der Waals surface area (Å²) >= 11 is 0. The minimum Gasteiger partial charge on any atom is -0.494 e. The van der Waals surface area contributed by atoms with E-state index in [9.17, 15) is 19.2 Å². The molecule has 1 fully saturated rings. The van der Waals surface area contributed by atoms with Crippen molar-refractivity contribution >= 4 is 29.4 Å². The van der Waals surface area contributed by atoms with Gasteiger partial charge >= 0.3 is 5.97 Å². The number of hydrogen-bond donors (Lipinski definition) is 1. The lowest BCUT2D eigenvalue weighted by Crippen LogP contribution is -2.56. The van der Waals surface area contributed by atoms with Crippen LogP contribution in [-0.4, -0.2) is 48.0 Å². The van der Waals surface area contributed by atoms with Crippen molar-refractivity contribution in [2.45, 2.75) is 25.8 Å². The molecule has 0 bridgehead atoms. The summed E-state index contributed by atoms with van der Waals surface area (Å²) in [5.41, 5.74) is 1.26. The van der Waals surface area contributed by atoms with Crippen LogP contribution in [0, 0.1) is 0 Å². The van der Waals surface area contributed by atoms with Gasteiger partial charge in [-0.25, -0.2) is 14.7 Å². The molecule has 9 heteroatoms. The predicted molar refractivity (Wildman–Crippen MR) is 93.2 cm³/mol. The molecular formula is C18H19N3O6. The Kier molecular flexibility index (Phi) is 4.61. The second-order valence-corrected chi connectivity index (χ2v) is 6.08. The first kappa shape index (κ1) is 18.4. The maximum absolute atomic E-state index is 13.2. The van der Waals surface area contributed by atoms with Crippen LogP contribution in [0.15, 0.2) is 36.0 Å². The van der Waals surface area contributed by atoms with E-state index in [0.717, 1.165) is 9.91 Å². The Labute approximate surface area is 155 Å². The smallest absolute Gasteiger partial charge is 0.355 e. The van der Waals surface area contributed by atoms with Crippen molar-refractivity contribution in [1.29, 1.82) is 0 Å². The fourth-order valence-electron chi connectivity index (χ4n) is 3.23. The van der Waals surface area contributed by atoms with Gasteiger partial charge in [-0.15, -0.1) is 0 Å². The molecule has 9 nitrogen and oxygen atoms in total. The highest BCUT2D eigenvalue weighted by atomic mass is 16.5. The van der Waals surface area contributed by atoms with E-state index in [1.807, 2.05) is 6.92 Å². The fraction of sp³-hybridized carbons (Fsp3) is 0.333. The molecule has 1 aromatic rings. The third-order valence-corrected chi connectivity index (χ3v) is 4.38. The van der Waals surface area contributed by atoms with Crippen molar-refractivity contribution in [1.82, 2.24) is 10.4 Å². The molecule has 0 aliphatic carbocycles. The van der Waals surface area contributed by atoms with Gasteiger partial charge in [0.25, 0.3) is 5.91 Å². The number of ether oxygens (including phenoxy) is 2. The Bertz CT molecular complexity index is 847. The van der Waals surface area contributed by atoms with E-state index in [-0.39, 0.29) is 12.1 Å². The van der Waals surface area contributed by atoms with Gasteiger partial charge in [0.1, 0.15) is 11.4 Å². The number of rotatable bonds is 4. The second kappa shape index (κ2) is 6.75. The molecule has 1 atom stereocenters. The quantitative estimate of drug-likeness (QED) is 0.606. The zero-order valence-electron chi connectivity index (χ0n) is 15.1. The second-order valence-electron chi connectivity index (χ2n) is 6.08. The number of hydrogen-bond acceptors (Lipinski definition) is 7. The maximum Gasteiger partial charge on any atom is 0.355 e. The number of nitrogens with zero attached hydrogens (tertiary/aromatic N) is 2. The lowest BCUT2D eigenvalue weighted by Gasteiger charge is -2.30. The van der Waals surface area contributed by atoms with Gasteiger partial charge in [-0.3, -0.25) is 19.8 Å². The van der Waals surface area contributed by atoms with Gasteiger partial charge in [-0.1, -0.05) is 0 Å². The SMILES string of the molecule is CCOc1ccc(N2C(=O)C[C@]3(C=C(C(=O)OC)NN3C(C)=O)C2=O)cc1. The fourth-order valence-corrected chi connectivity index (χ4v) is 3.23. The van der Waals surface area contributed by atoms with Gasteiger partial charge < -0.3 is 9.47 Å². The van der Waals surface area contributed by atoms with Gasteiger partial charge in [0.15, 0.2) is 5.54 Å². The largest absolute Gasteiger partial charge is 0.494 e. The van der Waals surface area contributed by atoms with Gasteiger partial charge in [0, 0.05) is 6.92 Å². The van der Waals surface area contributed by atoms with Crippen LogP contribution in [0.1, 0.15) is 20.3 Å². The summed E-state index contributed by atoms with van der Waals surface area (Å²) < 4.78 is 10.0. The molecule has 3 amide bonds. The Morgan fingerprint density at radius 2 is 1.89 bits per heavy atom. The van der Waals surface area contributed by atoms with E-state index < -0.39 is 29.2 Å². The summed E-state index contributed by atoms with van der Waals surface area (Å²) in [6.45, 7) is 3.57. The van der Waals surface area contributed by atoms with Gasteiger partial charge in [0.05, 0.1) is 25.8 Å². The van der Waals surface area contributed by atoms with Crippen LogP contribution in [0.2, 0.25) is 0 Å². The number of carbonyl (C=O) groups excluding carboxylic acids is 4. The van der Waals surface area contributed by atoms with Crippen molar-refractivity contribution in [3.63, 3.8) is 0 Å². The number of anilines is 1. The van der Waals surface area contributed by atoms with E-state index in [2.05, 4.69) is 10.2 Å². The average Bonchev–Trinajstić information content (AvgIpc) is 3.14. The number of imide groups is 1. The van der Waals surface area contributed by atoms with Crippen LogP contribution in [0.3, 0.4) is 0 Å². The van der Waals surface area contributed by atoms with Crippen LogP contribution in [-0.2, 0) is 23.9 Å². The van der Waals surface area contributed by atoms with Crippen LogP contribution < -0.4 is 15.1 Å². The maximum atomic E-state index is 13.2. The minimum atomic E-state index is -1.61. The van der Waals surface area contributed by atoms with E-state index in [0.29, 0.717) is 18.0 Å². The average molecular weight is 373 g/mol. The topological polar surface area (TPSA) is 105 Å². The van der Waals surface area contributed by atoms with Crippen LogP contribution in [0.5, 0.6) is 5.75 Å². The van der Waals surface area contributed by atoms with E-state index in [1.54, 1.807) is 24.3 Å². The zero-order chi connectivity index (χ0) is 19.8. The number of benzene rings is 1. The summed E-state index contributed by atoms with van der Waals surface area (Å²) in [5, 5.41) is 0.994. The monoisotopic (exact) mass is 373 g/mol. The van der Waals surface area contributed by atoms with Crippen molar-refractivity contribution < 1.29 is 28.7 Å². The number of methoxy groups -OCH3 is 1. The Morgan fingerprint density at radius 1 is 1.22 bits per heavy atom. The molecule has 2 aliphatic rings. The normalized spacial score (nSPS) is 21.4. The Hall–Kier alpha value is -3.36. The molecule has 2 aliphatic heterocycles. The Balaban J connectivity index is 1.99. The molecule has 0 saturated carbocycles. The molecule has 0 radical (unpaired) electrons. The first-order chi connectivity index (χ1) is 12.8. The van der Waals surface area contributed by atoms with Crippen molar-refractivity contribution in [2.75, 3.05) is 18.6 Å². The number of esters is 1. The highest BCUT2D eigenvalue weighted by Gasteiger charge is 2.59. The number of nitrogens with one attached hydrogen (secondary N) is 1. The number of hydrazine groups is 1. The lowest BCUT2D eigenvalue weighted by molar-refractivity contribution is -0.143. The highest BCUT2D eigenvalue weighted by Crippen LogP contribution is 2.38. The first-order valence-electron chi connectivity index (χ1n) is 8.33. The molecule has 1 spiro atoms. The van der Waals surface area contributed by atoms with Crippen molar-refractivity contribution in [3.8, 4) is 5.75 Å². The van der Waals surface area contributed by atoms with Crippen LogP contribution >= 0.6 is 0 Å². The molecule has 1 N–H and O–H groups in total. The predicted octanol–water partition coefficient (Wildman–Crippen LogP) is 0.511. The number of amides is 3. The molecule has 0 unspecified atom stereocenters. The summed E-state index contributed by atoms with van der Waals surface area (Å²) in [6.07, 6.45) is 0.987. The van der Waals surface area contributed by atoms with Crippen LogP contribution in [0.25, 0.3) is 0 Å². The summed E-state index contributed by atoms with van der Waals surface area (Å²) in [6, 6.07) is 6.47. The third kappa shape index (κ3) is 2.90. The van der Waals surface area contributed by atoms with Gasteiger partial charge in [0.2, 0.25) is 11.8 Å². The molecular weight excluding hydrogens is 354 g/mol. The standard InChI is InChI=1S/C18H19N3O6/c1-4-27-13-7-5-12(6-8-13)20-15(23)10-18(17(20)25)9-14(16(24)26-3)19-21(18)11(2)22/h5-9,19H,4,10H2,1-3H3/t18-/m1/s1. The minimum absolute atomic E-state index is 0.0672. The zero-order valence-corrected chi connectivity index (χ0v) is 15.1. The van der Waals surface area contributed by atoms with E-state index in [1.165, 1.54) is 20.1 Å². The highest BCUT2D eigenvalue weighted by molar-refractivity contribution is 6.26. The molecule has 2 heterocycles. The molecule has 1 saturated heterocycles. The summed E-state index contributed by atoms with van der Waals surface area (Å²) in [4.78, 5) is 50.7. The Morgan fingerprint density at radius 3 is 2.44 bits per heavy atom. The molecule has 27 heavy (non-hydrogen) atoms.